The van der Waals surface area contributed by atoms with E-state index in [0.717, 1.165) is 23.5 Å². The smallest absolute Gasteiger partial charge is 0.142 e. The van der Waals surface area contributed by atoms with Gasteiger partial charge >= 0.3 is 0 Å². The molecule has 0 saturated carbocycles. The summed E-state index contributed by atoms with van der Waals surface area (Å²) < 4.78 is 0. The van der Waals surface area contributed by atoms with Crippen LogP contribution in [0.2, 0.25) is 5.02 Å². The van der Waals surface area contributed by atoms with Crippen molar-refractivity contribution in [1.82, 2.24) is 15.3 Å². The van der Waals surface area contributed by atoms with E-state index in [1.165, 1.54) is 10.6 Å². The van der Waals surface area contributed by atoms with Gasteiger partial charge < -0.3 is 5.32 Å². The third-order valence-electron chi connectivity index (χ3n) is 3.74. The van der Waals surface area contributed by atoms with Crippen LogP contribution in [-0.4, -0.2) is 17.0 Å². The number of nitrogens with zero attached hydrogens (tertiary/aromatic N) is 2. The Balaban J connectivity index is 2.01. The molecule has 0 radical (unpaired) electrons. The average molecular weight is 308 g/mol. The lowest BCUT2D eigenvalue weighted by Gasteiger charge is -2.34. The molecular formula is C15H18ClN3S. The molecule has 2 aromatic rings. The first-order valence-corrected chi connectivity index (χ1v) is 7.97. The summed E-state index contributed by atoms with van der Waals surface area (Å²) in [6, 6.07) is 4.20. The first-order chi connectivity index (χ1) is 9.48. The van der Waals surface area contributed by atoms with Gasteiger partial charge in [0.2, 0.25) is 0 Å². The van der Waals surface area contributed by atoms with Gasteiger partial charge in [0.25, 0.3) is 0 Å². The Morgan fingerprint density at radius 1 is 1.40 bits per heavy atom. The Hall–Kier alpha value is -0.970. The Kier molecular flexibility index (Phi) is 3.56. The summed E-state index contributed by atoms with van der Waals surface area (Å²) in [6.45, 7) is 4.61. The standard InChI is InChI=1S/C15H18ClN3S/c1-15(2)6-11(17-3)13-12(7-15)19-14(20-13)10-5-4-9(16)8-18-10/h4-5,8,11,17H,6-7H2,1-3H3. The van der Waals surface area contributed by atoms with E-state index in [-0.39, 0.29) is 0 Å². The molecule has 1 N–H and O–H groups in total. The quantitative estimate of drug-likeness (QED) is 0.908. The minimum atomic E-state index is 0.291. The molecule has 20 heavy (non-hydrogen) atoms. The van der Waals surface area contributed by atoms with Crippen LogP contribution in [0.1, 0.15) is 36.9 Å². The highest BCUT2D eigenvalue weighted by Gasteiger charge is 2.34. The molecule has 0 saturated heterocycles. The molecule has 0 aromatic carbocycles. The fraction of sp³-hybridized carbons (Fsp3) is 0.467. The van der Waals surface area contributed by atoms with E-state index in [2.05, 4.69) is 24.1 Å². The molecule has 3 rings (SSSR count). The zero-order chi connectivity index (χ0) is 14.3. The van der Waals surface area contributed by atoms with Crippen LogP contribution in [0.4, 0.5) is 0 Å². The number of aromatic nitrogens is 2. The molecule has 0 amide bonds. The summed E-state index contributed by atoms with van der Waals surface area (Å²) in [5, 5.41) is 5.07. The molecule has 0 spiro atoms. The lowest BCUT2D eigenvalue weighted by molar-refractivity contribution is 0.265. The number of hydrogen-bond acceptors (Lipinski definition) is 4. The molecular weight excluding hydrogens is 290 g/mol. The van der Waals surface area contributed by atoms with E-state index in [1.54, 1.807) is 17.5 Å². The van der Waals surface area contributed by atoms with Crippen LogP contribution < -0.4 is 5.32 Å². The van der Waals surface area contributed by atoms with E-state index in [9.17, 15) is 0 Å². The highest BCUT2D eigenvalue weighted by atomic mass is 35.5. The van der Waals surface area contributed by atoms with Crippen LogP contribution >= 0.6 is 22.9 Å². The summed E-state index contributed by atoms with van der Waals surface area (Å²) >= 11 is 7.64. The maximum absolute atomic E-state index is 5.89. The van der Waals surface area contributed by atoms with Gasteiger partial charge in [0.05, 0.1) is 16.4 Å². The Bertz CT molecular complexity index is 619. The van der Waals surface area contributed by atoms with Crippen LogP contribution in [-0.2, 0) is 6.42 Å². The monoisotopic (exact) mass is 307 g/mol. The van der Waals surface area contributed by atoms with E-state index in [1.807, 2.05) is 19.2 Å². The third-order valence-corrected chi connectivity index (χ3v) is 5.20. The largest absolute Gasteiger partial charge is 0.312 e. The number of rotatable bonds is 2. The number of fused-ring (bicyclic) bond motifs is 1. The predicted molar refractivity (Wildman–Crippen MR) is 84.3 cm³/mol. The van der Waals surface area contributed by atoms with Gasteiger partial charge in [0.15, 0.2) is 0 Å². The van der Waals surface area contributed by atoms with E-state index in [4.69, 9.17) is 16.6 Å². The summed E-state index contributed by atoms with van der Waals surface area (Å²) in [5.74, 6) is 0. The van der Waals surface area contributed by atoms with Gasteiger partial charge in [-0.2, -0.15) is 0 Å². The zero-order valence-corrected chi connectivity index (χ0v) is 13.5. The molecule has 1 aliphatic carbocycles. The van der Waals surface area contributed by atoms with Crippen molar-refractivity contribution in [3.63, 3.8) is 0 Å². The van der Waals surface area contributed by atoms with Crippen molar-refractivity contribution in [3.05, 3.63) is 33.9 Å². The van der Waals surface area contributed by atoms with E-state index < -0.39 is 0 Å². The Morgan fingerprint density at radius 3 is 2.85 bits per heavy atom. The van der Waals surface area contributed by atoms with Crippen molar-refractivity contribution in [2.24, 2.45) is 5.41 Å². The van der Waals surface area contributed by atoms with Gasteiger partial charge in [-0.05, 0) is 37.4 Å². The molecule has 2 heterocycles. The maximum atomic E-state index is 5.89. The van der Waals surface area contributed by atoms with Crippen molar-refractivity contribution >= 4 is 22.9 Å². The Morgan fingerprint density at radius 2 is 2.20 bits per heavy atom. The molecule has 106 valence electrons. The van der Waals surface area contributed by atoms with Crippen molar-refractivity contribution in [1.29, 1.82) is 0 Å². The molecule has 1 aliphatic rings. The number of hydrogen-bond donors (Lipinski definition) is 1. The highest BCUT2D eigenvalue weighted by molar-refractivity contribution is 7.15. The van der Waals surface area contributed by atoms with E-state index >= 15 is 0 Å². The van der Waals surface area contributed by atoms with Crippen molar-refractivity contribution in [2.45, 2.75) is 32.7 Å². The molecule has 0 bridgehead atoms. The molecule has 2 aromatic heterocycles. The zero-order valence-electron chi connectivity index (χ0n) is 11.9. The summed E-state index contributed by atoms with van der Waals surface area (Å²) in [7, 11) is 2.02. The molecule has 1 unspecified atom stereocenters. The summed E-state index contributed by atoms with van der Waals surface area (Å²) in [5.41, 5.74) is 2.42. The van der Waals surface area contributed by atoms with Crippen molar-refractivity contribution < 1.29 is 0 Å². The van der Waals surface area contributed by atoms with Crippen LogP contribution in [0.25, 0.3) is 10.7 Å². The summed E-state index contributed by atoms with van der Waals surface area (Å²) in [4.78, 5) is 10.6. The molecule has 1 atom stereocenters. The average Bonchev–Trinajstić information content (AvgIpc) is 2.80. The normalized spacial score (nSPS) is 20.7. The second-order valence-corrected chi connectivity index (χ2v) is 7.55. The number of halogens is 1. The van der Waals surface area contributed by atoms with Crippen LogP contribution in [0.5, 0.6) is 0 Å². The number of thiazole rings is 1. The van der Waals surface area contributed by atoms with Crippen LogP contribution in [0, 0.1) is 5.41 Å². The van der Waals surface area contributed by atoms with Crippen molar-refractivity contribution in [2.75, 3.05) is 7.05 Å². The fourth-order valence-electron chi connectivity index (χ4n) is 2.78. The number of nitrogens with one attached hydrogen (secondary N) is 1. The first-order valence-electron chi connectivity index (χ1n) is 6.77. The van der Waals surface area contributed by atoms with Gasteiger partial charge in [-0.1, -0.05) is 25.4 Å². The van der Waals surface area contributed by atoms with Gasteiger partial charge in [-0.25, -0.2) is 4.98 Å². The van der Waals surface area contributed by atoms with Gasteiger partial charge in [-0.3, -0.25) is 4.98 Å². The summed E-state index contributed by atoms with van der Waals surface area (Å²) in [6.07, 6.45) is 3.85. The highest BCUT2D eigenvalue weighted by Crippen LogP contribution is 2.44. The molecule has 5 heteroatoms. The minimum absolute atomic E-state index is 0.291. The number of pyridine rings is 1. The van der Waals surface area contributed by atoms with Crippen LogP contribution in [0.3, 0.4) is 0 Å². The molecule has 3 nitrogen and oxygen atoms in total. The lowest BCUT2D eigenvalue weighted by Crippen LogP contribution is -2.30. The lowest BCUT2D eigenvalue weighted by atomic mass is 9.76. The van der Waals surface area contributed by atoms with Gasteiger partial charge in [0.1, 0.15) is 5.01 Å². The second-order valence-electron chi connectivity index (χ2n) is 6.08. The predicted octanol–water partition coefficient (Wildman–Crippen LogP) is 4.09. The SMILES string of the molecule is CNC1CC(C)(C)Cc2nc(-c3ccc(Cl)cn3)sc21. The maximum Gasteiger partial charge on any atom is 0.142 e. The Labute approximate surface area is 128 Å². The minimum Gasteiger partial charge on any atom is -0.312 e. The van der Waals surface area contributed by atoms with Gasteiger partial charge in [-0.15, -0.1) is 11.3 Å². The third kappa shape index (κ3) is 2.60. The first kappa shape index (κ1) is 14.0. The van der Waals surface area contributed by atoms with Crippen LogP contribution in [0.15, 0.2) is 18.3 Å². The molecule has 0 fully saturated rings. The topological polar surface area (TPSA) is 37.8 Å². The second kappa shape index (κ2) is 5.10. The van der Waals surface area contributed by atoms with Gasteiger partial charge in [0, 0.05) is 17.1 Å². The fourth-order valence-corrected chi connectivity index (χ4v) is 4.06. The molecule has 0 aliphatic heterocycles. The van der Waals surface area contributed by atoms with E-state index in [0.29, 0.717) is 16.5 Å². The van der Waals surface area contributed by atoms with Crippen molar-refractivity contribution in [3.8, 4) is 10.7 Å².